The predicted molar refractivity (Wildman–Crippen MR) is 27.5 cm³/mol. The highest BCUT2D eigenvalue weighted by Crippen LogP contribution is 2.27. The van der Waals surface area contributed by atoms with Crippen molar-refractivity contribution in [2.75, 3.05) is 0 Å². The molecule has 0 spiro atoms. The van der Waals surface area contributed by atoms with Crippen LogP contribution >= 0.6 is 8.60 Å². The Labute approximate surface area is 47.4 Å². The van der Waals surface area contributed by atoms with Crippen LogP contribution in [0.1, 0.15) is 0 Å². The molecule has 0 aromatic rings. The van der Waals surface area contributed by atoms with Crippen molar-refractivity contribution in [3.63, 3.8) is 0 Å². The van der Waals surface area contributed by atoms with Crippen LogP contribution in [0, 0.1) is 0 Å². The summed E-state index contributed by atoms with van der Waals surface area (Å²) in [7, 11) is -2.59. The van der Waals surface area contributed by atoms with Gasteiger partial charge in [0.15, 0.2) is 0 Å². The zero-order chi connectivity index (χ0) is 6.57. The molecule has 0 aliphatic carbocycles. The van der Waals surface area contributed by atoms with Gasteiger partial charge in [0.25, 0.3) is 0 Å². The van der Waals surface area contributed by atoms with E-state index in [-0.39, 0.29) is 0 Å². The van der Waals surface area contributed by atoms with E-state index in [1.807, 2.05) is 0 Å². The minimum Gasteiger partial charge on any atom is -0.328 e. The van der Waals surface area contributed by atoms with E-state index in [0.29, 0.717) is 0 Å². The van der Waals surface area contributed by atoms with Gasteiger partial charge in [0.2, 0.25) is 6.36 Å². The second kappa shape index (κ2) is 3.92. The number of halogens is 1. The lowest BCUT2D eigenvalue weighted by atomic mass is 10.7. The fraction of sp³-hybridized carbons (Fsp3) is 0.333. The Morgan fingerprint density at radius 3 is 2.38 bits per heavy atom. The number of hydrogen-bond acceptors (Lipinski definition) is 3. The molecule has 0 aromatic heterocycles. The zero-order valence-corrected chi connectivity index (χ0v) is 4.88. The molecule has 0 saturated heterocycles. The van der Waals surface area contributed by atoms with Gasteiger partial charge in [-0.15, -0.1) is 0 Å². The monoisotopic (exact) mass is 140 g/mol. The van der Waals surface area contributed by atoms with E-state index >= 15 is 0 Å². The maximum absolute atomic E-state index is 11.7. The summed E-state index contributed by atoms with van der Waals surface area (Å²) in [6, 6.07) is 0. The maximum atomic E-state index is 11.7. The van der Waals surface area contributed by atoms with E-state index in [4.69, 9.17) is 9.79 Å². The van der Waals surface area contributed by atoms with Gasteiger partial charge in [0.1, 0.15) is 0 Å². The molecule has 0 saturated carbocycles. The van der Waals surface area contributed by atoms with Gasteiger partial charge in [-0.3, -0.25) is 4.52 Å². The van der Waals surface area contributed by atoms with Gasteiger partial charge in [-0.2, -0.15) is 0 Å². The SMILES string of the molecule is C=CC(F)OP(O)O. The molecule has 0 rings (SSSR count). The molecule has 1 atom stereocenters. The van der Waals surface area contributed by atoms with Gasteiger partial charge in [0.05, 0.1) is 0 Å². The molecule has 3 nitrogen and oxygen atoms in total. The van der Waals surface area contributed by atoms with Crippen LogP contribution in [-0.2, 0) is 4.52 Å². The summed E-state index contributed by atoms with van der Waals surface area (Å²) in [4.78, 5) is 15.9. The minimum absolute atomic E-state index is 0.821. The maximum Gasteiger partial charge on any atom is 0.329 e. The van der Waals surface area contributed by atoms with E-state index in [1.165, 1.54) is 0 Å². The topological polar surface area (TPSA) is 49.7 Å². The van der Waals surface area contributed by atoms with Crippen LogP contribution in [0.15, 0.2) is 12.7 Å². The Morgan fingerprint density at radius 1 is 1.75 bits per heavy atom. The molecular formula is C3H6FO3P. The third kappa shape index (κ3) is 4.15. The normalized spacial score (nSPS) is 14.0. The van der Waals surface area contributed by atoms with E-state index in [0.717, 1.165) is 6.08 Å². The molecule has 48 valence electrons. The van der Waals surface area contributed by atoms with Crippen LogP contribution in [0.2, 0.25) is 0 Å². The number of rotatable bonds is 3. The van der Waals surface area contributed by atoms with Crippen molar-refractivity contribution in [3.8, 4) is 0 Å². The Balaban J connectivity index is 3.23. The first-order chi connectivity index (χ1) is 3.66. The molecule has 0 radical (unpaired) electrons. The van der Waals surface area contributed by atoms with Crippen LogP contribution in [0.5, 0.6) is 0 Å². The smallest absolute Gasteiger partial charge is 0.328 e. The Bertz CT molecular complexity index is 76.9. The Hall–Kier alpha value is -0.0200. The molecular weight excluding hydrogens is 134 g/mol. The zero-order valence-electron chi connectivity index (χ0n) is 3.99. The van der Waals surface area contributed by atoms with Gasteiger partial charge < -0.3 is 9.79 Å². The van der Waals surface area contributed by atoms with E-state index < -0.39 is 15.0 Å². The first-order valence-corrected chi connectivity index (χ1v) is 2.94. The Kier molecular flexibility index (Phi) is 3.91. The van der Waals surface area contributed by atoms with Crippen molar-refractivity contribution in [3.05, 3.63) is 12.7 Å². The lowest BCUT2D eigenvalue weighted by Gasteiger charge is -2.02. The standard InChI is InChI=1S/C3H6FO3P/c1-2-3(4)7-8(5)6/h2-3,5-6H,1H2. The first-order valence-electron chi connectivity index (χ1n) is 1.78. The van der Waals surface area contributed by atoms with Crippen molar-refractivity contribution >= 4 is 8.60 Å². The highest BCUT2D eigenvalue weighted by atomic mass is 31.2. The summed E-state index contributed by atoms with van der Waals surface area (Å²) in [5, 5.41) is 0. The van der Waals surface area contributed by atoms with Gasteiger partial charge in [-0.25, -0.2) is 4.39 Å². The summed E-state index contributed by atoms with van der Waals surface area (Å²) >= 11 is 0. The summed E-state index contributed by atoms with van der Waals surface area (Å²) in [6.07, 6.45) is -0.960. The number of hydrogen-bond donors (Lipinski definition) is 2. The van der Waals surface area contributed by atoms with Crippen molar-refractivity contribution in [1.82, 2.24) is 0 Å². The first kappa shape index (κ1) is 7.98. The molecule has 1 unspecified atom stereocenters. The average molecular weight is 140 g/mol. The van der Waals surface area contributed by atoms with Crippen molar-refractivity contribution < 1.29 is 18.7 Å². The molecule has 0 amide bonds. The lowest BCUT2D eigenvalue weighted by molar-refractivity contribution is 0.0968. The highest BCUT2D eigenvalue weighted by Gasteiger charge is 2.05. The van der Waals surface area contributed by atoms with Gasteiger partial charge in [0, 0.05) is 0 Å². The average Bonchev–Trinajstić information content (AvgIpc) is 1.65. The van der Waals surface area contributed by atoms with Gasteiger partial charge >= 0.3 is 8.60 Å². The third-order valence-corrected chi connectivity index (χ3v) is 0.770. The van der Waals surface area contributed by atoms with E-state index in [9.17, 15) is 4.39 Å². The van der Waals surface area contributed by atoms with Crippen LogP contribution in [-0.4, -0.2) is 16.1 Å². The summed E-state index contributed by atoms with van der Waals surface area (Å²) in [5.74, 6) is 0. The molecule has 2 N–H and O–H groups in total. The fourth-order valence-corrected chi connectivity index (χ4v) is 0.399. The van der Waals surface area contributed by atoms with Crippen LogP contribution in [0.4, 0.5) is 4.39 Å². The minimum atomic E-state index is -2.59. The number of alkyl halides is 1. The van der Waals surface area contributed by atoms with Gasteiger partial charge in [-0.1, -0.05) is 6.58 Å². The van der Waals surface area contributed by atoms with E-state index in [1.54, 1.807) is 0 Å². The second-order valence-electron chi connectivity index (χ2n) is 0.945. The van der Waals surface area contributed by atoms with Crippen molar-refractivity contribution in [2.24, 2.45) is 0 Å². The molecule has 0 fully saturated rings. The van der Waals surface area contributed by atoms with Crippen LogP contribution in [0.3, 0.4) is 0 Å². The fourth-order valence-electron chi connectivity index (χ4n) is 0.133. The quantitative estimate of drug-likeness (QED) is 0.448. The molecule has 0 bridgehead atoms. The molecule has 5 heteroatoms. The largest absolute Gasteiger partial charge is 0.329 e. The van der Waals surface area contributed by atoms with Crippen molar-refractivity contribution in [1.29, 1.82) is 0 Å². The molecule has 8 heavy (non-hydrogen) atoms. The molecule has 0 aliphatic rings. The molecule has 0 aliphatic heterocycles. The third-order valence-electron chi connectivity index (χ3n) is 0.380. The summed E-state index contributed by atoms with van der Waals surface area (Å²) < 4.78 is 15.5. The molecule has 0 aromatic carbocycles. The second-order valence-corrected chi connectivity index (χ2v) is 1.66. The van der Waals surface area contributed by atoms with Crippen LogP contribution in [0.25, 0.3) is 0 Å². The van der Waals surface area contributed by atoms with Gasteiger partial charge in [-0.05, 0) is 6.08 Å². The predicted octanol–water partition coefficient (Wildman–Crippen LogP) is 0.696. The Morgan fingerprint density at radius 2 is 2.25 bits per heavy atom. The van der Waals surface area contributed by atoms with Crippen LogP contribution < -0.4 is 0 Å². The summed E-state index contributed by atoms with van der Waals surface area (Å²) in [5.41, 5.74) is 0. The highest BCUT2D eigenvalue weighted by molar-refractivity contribution is 7.39. The summed E-state index contributed by atoms with van der Waals surface area (Å²) in [6.45, 7) is 3.00. The van der Waals surface area contributed by atoms with E-state index in [2.05, 4.69) is 11.1 Å². The van der Waals surface area contributed by atoms with Crippen molar-refractivity contribution in [2.45, 2.75) is 6.36 Å². The molecule has 0 heterocycles. The lowest BCUT2D eigenvalue weighted by Crippen LogP contribution is -1.95.